The van der Waals surface area contributed by atoms with Gasteiger partial charge in [-0.3, -0.25) is 19.2 Å². The van der Waals surface area contributed by atoms with Crippen LogP contribution in [0.15, 0.2) is 42.5 Å². The van der Waals surface area contributed by atoms with Crippen molar-refractivity contribution in [1.29, 1.82) is 0 Å². The monoisotopic (exact) mass is 590 g/mol. The highest BCUT2D eigenvalue weighted by molar-refractivity contribution is 6.01. The molecule has 5 unspecified atom stereocenters. The van der Waals surface area contributed by atoms with E-state index in [9.17, 15) is 19.2 Å². The second-order valence-corrected chi connectivity index (χ2v) is 12.7. The molecule has 0 aromatic heterocycles. The lowest BCUT2D eigenvalue weighted by Crippen LogP contribution is -2.46. The van der Waals surface area contributed by atoms with Crippen molar-refractivity contribution in [2.45, 2.75) is 101 Å². The van der Waals surface area contributed by atoms with Gasteiger partial charge in [0.15, 0.2) is 0 Å². The summed E-state index contributed by atoms with van der Waals surface area (Å²) in [5.74, 6) is -5.74. The number of rotatable bonds is 10. The number of carbonyl (C=O) groups is 4. The molecule has 0 spiro atoms. The predicted octanol–water partition coefficient (Wildman–Crippen LogP) is 6.88. The average Bonchev–Trinajstić information content (AvgIpc) is 3.49. The van der Waals surface area contributed by atoms with Crippen molar-refractivity contribution in [3.8, 4) is 5.75 Å². The third kappa shape index (κ3) is 5.85. The molecule has 0 N–H and O–H groups in total. The Morgan fingerprint density at radius 1 is 0.791 bits per heavy atom. The third-order valence-corrected chi connectivity index (χ3v) is 10.1. The number of hydrogen-bond donors (Lipinski definition) is 0. The van der Waals surface area contributed by atoms with Crippen molar-refractivity contribution < 1.29 is 37.8 Å². The molecule has 5 atom stereocenters. The highest BCUT2D eigenvalue weighted by atomic mass is 19.1. The highest BCUT2D eigenvalue weighted by Crippen LogP contribution is 2.52. The molecule has 2 aromatic rings. The van der Waals surface area contributed by atoms with E-state index in [1.54, 1.807) is 36.4 Å². The zero-order valence-electron chi connectivity index (χ0n) is 24.6. The van der Waals surface area contributed by atoms with E-state index in [4.69, 9.17) is 14.2 Å². The van der Waals surface area contributed by atoms with Gasteiger partial charge in [0.1, 0.15) is 23.6 Å². The molecular formula is C35H39FO7. The standard InChI is InChI=1S/C35H39FO7/c1-2-3-4-5-6-9-20-12-14-21(15-13-20)23-17-16-22(18-27(23)36)41-32-29(26-19-28(37)42-33(26)38)24-10-7-8-11-25(24)30-31(32)35(40)43-34(30)39/h7-8,10-11,16-18,20-21,26,29-32H,2-6,9,12-15,19H2,1H3. The van der Waals surface area contributed by atoms with E-state index in [1.807, 2.05) is 0 Å². The van der Waals surface area contributed by atoms with E-state index in [1.165, 1.54) is 44.6 Å². The van der Waals surface area contributed by atoms with Crippen molar-refractivity contribution in [1.82, 2.24) is 0 Å². The van der Waals surface area contributed by atoms with Gasteiger partial charge in [-0.25, -0.2) is 4.39 Å². The molecule has 7 nitrogen and oxygen atoms in total. The average molecular weight is 591 g/mol. The molecule has 3 fully saturated rings. The molecule has 2 heterocycles. The largest absolute Gasteiger partial charge is 0.489 e. The number of carbonyl (C=O) groups excluding carboxylic acids is 4. The number of cyclic esters (lactones) is 4. The van der Waals surface area contributed by atoms with Crippen molar-refractivity contribution >= 4 is 23.9 Å². The minimum Gasteiger partial charge on any atom is -0.489 e. The maximum atomic E-state index is 15.6. The van der Waals surface area contributed by atoms with Crippen LogP contribution in [0.5, 0.6) is 5.75 Å². The molecule has 2 saturated heterocycles. The minimum absolute atomic E-state index is 0.144. The number of unbranched alkanes of at least 4 members (excludes halogenated alkanes) is 4. The van der Waals surface area contributed by atoms with Crippen LogP contribution < -0.4 is 4.74 Å². The van der Waals surface area contributed by atoms with E-state index in [2.05, 4.69) is 6.92 Å². The summed E-state index contributed by atoms with van der Waals surface area (Å²) in [5, 5.41) is 0. The summed E-state index contributed by atoms with van der Waals surface area (Å²) in [6, 6.07) is 11.8. The van der Waals surface area contributed by atoms with Crippen molar-refractivity contribution in [3.05, 3.63) is 65.0 Å². The zero-order valence-corrected chi connectivity index (χ0v) is 24.6. The molecule has 4 aliphatic rings. The SMILES string of the molecule is CCCCCCCC1CCC(c2ccc(OC3C4C(=O)OC(=O)C4c4ccccc4C3C3CC(=O)OC3=O)cc2F)CC1. The molecule has 1 saturated carbocycles. The first-order valence-electron chi connectivity index (χ1n) is 15.9. The molecular weight excluding hydrogens is 551 g/mol. The smallest absolute Gasteiger partial charge is 0.322 e. The van der Waals surface area contributed by atoms with Crippen LogP contribution in [0.1, 0.15) is 112 Å². The van der Waals surface area contributed by atoms with Gasteiger partial charge in [-0.05, 0) is 60.3 Å². The third-order valence-electron chi connectivity index (χ3n) is 10.1. The molecule has 8 heteroatoms. The van der Waals surface area contributed by atoms with Gasteiger partial charge in [-0.1, -0.05) is 75.8 Å². The fraction of sp³-hybridized carbons (Fsp3) is 0.543. The summed E-state index contributed by atoms with van der Waals surface area (Å²) in [5.41, 5.74) is 1.85. The molecule has 0 bridgehead atoms. The maximum Gasteiger partial charge on any atom is 0.322 e. The lowest BCUT2D eigenvalue weighted by atomic mass is 9.65. The quantitative estimate of drug-likeness (QED) is 0.169. The number of ether oxygens (including phenoxy) is 3. The molecule has 228 valence electrons. The van der Waals surface area contributed by atoms with E-state index in [0.29, 0.717) is 22.6 Å². The van der Waals surface area contributed by atoms with Crippen molar-refractivity contribution in [2.24, 2.45) is 17.8 Å². The maximum absolute atomic E-state index is 15.6. The number of hydrogen-bond acceptors (Lipinski definition) is 7. The van der Waals surface area contributed by atoms with Crippen LogP contribution >= 0.6 is 0 Å². The van der Waals surface area contributed by atoms with Gasteiger partial charge in [-0.15, -0.1) is 0 Å². The Kier molecular flexibility index (Phi) is 8.64. The van der Waals surface area contributed by atoms with Gasteiger partial charge in [0.2, 0.25) is 0 Å². The lowest BCUT2D eigenvalue weighted by molar-refractivity contribution is -0.156. The first-order chi connectivity index (χ1) is 20.9. The van der Waals surface area contributed by atoms with Gasteiger partial charge in [0.25, 0.3) is 0 Å². The van der Waals surface area contributed by atoms with Crippen LogP contribution in [-0.4, -0.2) is 30.0 Å². The number of benzene rings is 2. The van der Waals surface area contributed by atoms with Crippen LogP contribution in [0.2, 0.25) is 0 Å². The number of esters is 4. The van der Waals surface area contributed by atoms with E-state index < -0.39 is 53.7 Å². The van der Waals surface area contributed by atoms with Gasteiger partial charge in [0.05, 0.1) is 18.3 Å². The Morgan fingerprint density at radius 3 is 2.23 bits per heavy atom. The molecule has 6 rings (SSSR count). The first kappa shape index (κ1) is 29.5. The van der Waals surface area contributed by atoms with Gasteiger partial charge < -0.3 is 14.2 Å². The second-order valence-electron chi connectivity index (χ2n) is 12.7. The van der Waals surface area contributed by atoms with Crippen LogP contribution in [0, 0.1) is 23.6 Å². The Labute approximate surface area is 251 Å². The molecule has 0 radical (unpaired) electrons. The summed E-state index contributed by atoms with van der Waals surface area (Å²) in [4.78, 5) is 50.7. The predicted molar refractivity (Wildman–Crippen MR) is 155 cm³/mol. The summed E-state index contributed by atoms with van der Waals surface area (Å²) in [6.45, 7) is 2.23. The molecule has 2 aliphatic heterocycles. The molecule has 2 aromatic carbocycles. The lowest BCUT2D eigenvalue weighted by Gasteiger charge is -2.40. The Balaban J connectivity index is 1.21. The summed E-state index contributed by atoms with van der Waals surface area (Å²) in [6.07, 6.45) is 10.6. The first-order valence-corrected chi connectivity index (χ1v) is 15.9. The fourth-order valence-corrected chi connectivity index (χ4v) is 7.88. The van der Waals surface area contributed by atoms with Gasteiger partial charge >= 0.3 is 23.9 Å². The van der Waals surface area contributed by atoms with Crippen LogP contribution in [0.3, 0.4) is 0 Å². The fourth-order valence-electron chi connectivity index (χ4n) is 7.88. The molecule has 2 aliphatic carbocycles. The minimum atomic E-state index is -1.05. The summed E-state index contributed by atoms with van der Waals surface area (Å²) < 4.78 is 31.9. The van der Waals surface area contributed by atoms with Crippen LogP contribution in [0.4, 0.5) is 4.39 Å². The van der Waals surface area contributed by atoms with Gasteiger partial charge in [-0.2, -0.15) is 0 Å². The Bertz CT molecular complexity index is 1390. The molecule has 43 heavy (non-hydrogen) atoms. The summed E-state index contributed by atoms with van der Waals surface area (Å²) in [7, 11) is 0. The van der Waals surface area contributed by atoms with E-state index in [0.717, 1.165) is 25.7 Å². The van der Waals surface area contributed by atoms with Crippen LogP contribution in [0.25, 0.3) is 0 Å². The normalized spacial score (nSPS) is 30.0. The number of halogens is 1. The zero-order chi connectivity index (χ0) is 30.1. The van der Waals surface area contributed by atoms with Crippen molar-refractivity contribution in [2.75, 3.05) is 0 Å². The van der Waals surface area contributed by atoms with Crippen molar-refractivity contribution in [3.63, 3.8) is 0 Å². The topological polar surface area (TPSA) is 96.0 Å². The highest BCUT2D eigenvalue weighted by Gasteiger charge is 2.60. The van der Waals surface area contributed by atoms with E-state index in [-0.39, 0.29) is 23.9 Å². The second kappa shape index (κ2) is 12.6. The van der Waals surface area contributed by atoms with Gasteiger partial charge in [0, 0.05) is 12.0 Å². The Morgan fingerprint density at radius 2 is 1.53 bits per heavy atom. The Hall–Kier alpha value is -3.55. The summed E-state index contributed by atoms with van der Waals surface area (Å²) >= 11 is 0. The van der Waals surface area contributed by atoms with Crippen LogP contribution in [-0.2, 0) is 28.7 Å². The number of fused-ring (bicyclic) bond motifs is 3. The molecule has 0 amide bonds. The van der Waals surface area contributed by atoms with E-state index >= 15 is 4.39 Å².